The lowest BCUT2D eigenvalue weighted by Crippen LogP contribution is -1.76. The van der Waals surface area contributed by atoms with Gasteiger partial charge in [0.25, 0.3) is 0 Å². The third-order valence-corrected chi connectivity index (χ3v) is 5.51. The molecule has 0 bridgehead atoms. The Morgan fingerprint density at radius 3 is 2.52 bits per heavy atom. The Labute approximate surface area is 125 Å². The summed E-state index contributed by atoms with van der Waals surface area (Å²) in [5.74, 6) is 0. The van der Waals surface area contributed by atoms with Gasteiger partial charge in [-0.05, 0) is 30.7 Å². The summed E-state index contributed by atoms with van der Waals surface area (Å²) in [5, 5.41) is 5.42. The van der Waals surface area contributed by atoms with Crippen LogP contribution in [0.1, 0.15) is 5.56 Å². The summed E-state index contributed by atoms with van der Waals surface area (Å²) in [6, 6.07) is 19.6. The molecule has 1 nitrogen and oxygen atoms in total. The van der Waals surface area contributed by atoms with Crippen LogP contribution < -0.4 is 0 Å². The van der Waals surface area contributed by atoms with Crippen LogP contribution in [0.5, 0.6) is 0 Å². The third kappa shape index (κ3) is 1.40. The van der Waals surface area contributed by atoms with E-state index in [1.54, 1.807) is 0 Å². The fraction of sp³-hybridized carbons (Fsp3) is 0.0526. The summed E-state index contributed by atoms with van der Waals surface area (Å²) >= 11 is 1.89. The number of benzene rings is 3. The van der Waals surface area contributed by atoms with Crippen LogP contribution in [0.3, 0.4) is 0 Å². The maximum Gasteiger partial charge on any atom is 0.0646 e. The predicted molar refractivity (Wildman–Crippen MR) is 93.4 cm³/mol. The van der Waals surface area contributed by atoms with Gasteiger partial charge >= 0.3 is 0 Å². The lowest BCUT2D eigenvalue weighted by Gasteiger charge is -2.00. The molecule has 0 saturated carbocycles. The largest absolute Gasteiger partial charge is 0.353 e. The molecule has 0 aliphatic rings. The van der Waals surface area contributed by atoms with Gasteiger partial charge in [0.2, 0.25) is 0 Å². The van der Waals surface area contributed by atoms with Crippen LogP contribution in [-0.2, 0) is 0 Å². The minimum absolute atomic E-state index is 1.22. The maximum atomic E-state index is 3.62. The lowest BCUT2D eigenvalue weighted by molar-refractivity contribution is 1.55. The van der Waals surface area contributed by atoms with Gasteiger partial charge in [0.05, 0.1) is 10.2 Å². The van der Waals surface area contributed by atoms with Gasteiger partial charge in [0, 0.05) is 31.8 Å². The van der Waals surface area contributed by atoms with E-state index in [1.165, 1.54) is 47.5 Å². The van der Waals surface area contributed by atoms with Gasteiger partial charge in [0.15, 0.2) is 0 Å². The lowest BCUT2D eigenvalue weighted by atomic mass is 10.0. The maximum absolute atomic E-state index is 3.62. The van der Waals surface area contributed by atoms with Crippen molar-refractivity contribution in [1.82, 2.24) is 4.98 Å². The van der Waals surface area contributed by atoms with Crippen LogP contribution in [0.15, 0.2) is 54.6 Å². The Kier molecular flexibility index (Phi) is 2.09. The van der Waals surface area contributed by atoms with Crippen LogP contribution in [0.25, 0.3) is 42.0 Å². The van der Waals surface area contributed by atoms with Crippen molar-refractivity contribution < 1.29 is 0 Å². The number of nitrogens with one attached hydrogen (secondary N) is 1. The number of rotatable bonds is 0. The Morgan fingerprint density at radius 1 is 0.857 bits per heavy atom. The summed E-state index contributed by atoms with van der Waals surface area (Å²) in [6.45, 7) is 2.22. The van der Waals surface area contributed by atoms with Crippen LogP contribution >= 0.6 is 11.3 Å². The molecule has 0 atom stereocenters. The molecule has 2 heteroatoms. The molecule has 21 heavy (non-hydrogen) atoms. The van der Waals surface area contributed by atoms with Gasteiger partial charge in [-0.1, -0.05) is 36.4 Å². The van der Waals surface area contributed by atoms with E-state index in [1.807, 2.05) is 11.3 Å². The van der Waals surface area contributed by atoms with Crippen molar-refractivity contribution in [2.24, 2.45) is 0 Å². The highest BCUT2D eigenvalue weighted by atomic mass is 32.1. The van der Waals surface area contributed by atoms with Crippen LogP contribution in [0, 0.1) is 6.92 Å². The van der Waals surface area contributed by atoms with Crippen LogP contribution in [0.4, 0.5) is 0 Å². The van der Waals surface area contributed by atoms with E-state index in [-0.39, 0.29) is 0 Å². The Bertz CT molecular complexity index is 1140. The monoisotopic (exact) mass is 287 g/mol. The van der Waals surface area contributed by atoms with E-state index in [0.717, 1.165) is 0 Å². The van der Waals surface area contributed by atoms with Gasteiger partial charge in [0.1, 0.15) is 0 Å². The zero-order valence-electron chi connectivity index (χ0n) is 11.6. The first kappa shape index (κ1) is 11.4. The molecule has 0 aliphatic heterocycles. The van der Waals surface area contributed by atoms with E-state index in [2.05, 4.69) is 66.5 Å². The van der Waals surface area contributed by atoms with Crippen molar-refractivity contribution in [2.75, 3.05) is 0 Å². The molecule has 0 saturated heterocycles. The van der Waals surface area contributed by atoms with Gasteiger partial charge < -0.3 is 4.98 Å². The molecule has 2 heterocycles. The number of aromatic nitrogens is 1. The number of hydrogen-bond donors (Lipinski definition) is 1. The molecule has 0 spiro atoms. The molecule has 0 radical (unpaired) electrons. The smallest absolute Gasteiger partial charge is 0.0646 e. The minimum atomic E-state index is 1.22. The highest BCUT2D eigenvalue weighted by molar-refractivity contribution is 7.26. The van der Waals surface area contributed by atoms with E-state index >= 15 is 0 Å². The molecule has 0 amide bonds. The fourth-order valence-electron chi connectivity index (χ4n) is 3.39. The fourth-order valence-corrected chi connectivity index (χ4v) is 4.68. The summed E-state index contributed by atoms with van der Waals surface area (Å²) in [7, 11) is 0. The summed E-state index contributed by atoms with van der Waals surface area (Å²) < 4.78 is 2.74. The molecule has 5 aromatic rings. The number of H-pyrrole nitrogens is 1. The van der Waals surface area contributed by atoms with E-state index in [4.69, 9.17) is 0 Å². The molecule has 0 unspecified atom stereocenters. The number of aryl methyl sites for hydroxylation is 1. The second-order valence-corrected chi connectivity index (χ2v) is 6.64. The minimum Gasteiger partial charge on any atom is -0.353 e. The van der Waals surface area contributed by atoms with E-state index in [9.17, 15) is 0 Å². The van der Waals surface area contributed by atoms with Gasteiger partial charge in [-0.2, -0.15) is 0 Å². The normalized spacial score (nSPS) is 12.0. The molecule has 0 aliphatic carbocycles. The standard InChI is InChI=1S/C19H13NS/c1-11-10-14-12-6-2-4-8-15(12)20-18(14)19-17(11)13-7-3-5-9-16(13)21-19/h2-10,20H,1H3. The highest BCUT2D eigenvalue weighted by Crippen LogP contribution is 2.41. The van der Waals surface area contributed by atoms with Crippen molar-refractivity contribution in [3.63, 3.8) is 0 Å². The van der Waals surface area contributed by atoms with E-state index < -0.39 is 0 Å². The molecule has 3 aromatic carbocycles. The predicted octanol–water partition coefficient (Wildman–Crippen LogP) is 6.00. The van der Waals surface area contributed by atoms with Crippen molar-refractivity contribution in [3.8, 4) is 0 Å². The summed E-state index contributed by atoms with van der Waals surface area (Å²) in [5.41, 5.74) is 3.86. The Morgan fingerprint density at radius 2 is 1.62 bits per heavy atom. The van der Waals surface area contributed by atoms with Gasteiger partial charge in [-0.15, -0.1) is 11.3 Å². The first-order valence-corrected chi connectivity index (χ1v) is 7.96. The number of para-hydroxylation sites is 1. The second kappa shape index (κ2) is 3.86. The first-order valence-electron chi connectivity index (χ1n) is 7.14. The number of fused-ring (bicyclic) bond motifs is 7. The van der Waals surface area contributed by atoms with Crippen molar-refractivity contribution in [1.29, 1.82) is 0 Å². The zero-order valence-corrected chi connectivity index (χ0v) is 12.4. The van der Waals surface area contributed by atoms with Crippen molar-refractivity contribution >= 4 is 53.3 Å². The average Bonchev–Trinajstić information content (AvgIpc) is 3.06. The third-order valence-electron chi connectivity index (χ3n) is 4.32. The van der Waals surface area contributed by atoms with Crippen LogP contribution in [0.2, 0.25) is 0 Å². The second-order valence-electron chi connectivity index (χ2n) is 5.59. The molecule has 100 valence electrons. The molecule has 2 aromatic heterocycles. The SMILES string of the molecule is Cc1cc2c3ccccc3[nH]c2c2sc3ccccc3c12. The Balaban J connectivity index is 2.14. The molecule has 5 rings (SSSR count). The topological polar surface area (TPSA) is 15.8 Å². The van der Waals surface area contributed by atoms with Gasteiger partial charge in [-0.25, -0.2) is 0 Å². The number of hydrogen-bond acceptors (Lipinski definition) is 1. The average molecular weight is 287 g/mol. The summed E-state index contributed by atoms with van der Waals surface area (Å²) in [6.07, 6.45) is 0. The van der Waals surface area contributed by atoms with E-state index in [0.29, 0.717) is 0 Å². The van der Waals surface area contributed by atoms with Crippen molar-refractivity contribution in [2.45, 2.75) is 6.92 Å². The Hall–Kier alpha value is -2.32. The number of aromatic amines is 1. The molecular weight excluding hydrogens is 274 g/mol. The summed E-state index contributed by atoms with van der Waals surface area (Å²) in [4.78, 5) is 3.62. The van der Waals surface area contributed by atoms with Crippen LogP contribution in [-0.4, -0.2) is 4.98 Å². The highest BCUT2D eigenvalue weighted by Gasteiger charge is 2.14. The number of thiophene rings is 1. The van der Waals surface area contributed by atoms with Crippen molar-refractivity contribution in [3.05, 3.63) is 60.2 Å². The zero-order chi connectivity index (χ0) is 14.0. The molecular formula is C19H13NS. The van der Waals surface area contributed by atoms with Gasteiger partial charge in [-0.3, -0.25) is 0 Å². The first-order chi connectivity index (χ1) is 10.3. The molecule has 0 fully saturated rings. The molecule has 1 N–H and O–H groups in total. The quantitative estimate of drug-likeness (QED) is 0.359.